The molecule has 0 aromatic heterocycles. The van der Waals surface area contributed by atoms with Crippen LogP contribution in [-0.2, 0) is 12.6 Å². The summed E-state index contributed by atoms with van der Waals surface area (Å²) in [7, 11) is 0. The fourth-order valence-electron chi connectivity index (χ4n) is 3.71. The van der Waals surface area contributed by atoms with Crippen LogP contribution in [0.3, 0.4) is 0 Å². The second-order valence-corrected chi connectivity index (χ2v) is 7.10. The Bertz CT molecular complexity index is 820. The Morgan fingerprint density at radius 3 is 2.14 bits per heavy atom. The van der Waals surface area contributed by atoms with Gasteiger partial charge in [-0.1, -0.05) is 24.3 Å². The zero-order valence-corrected chi connectivity index (χ0v) is 14.9. The number of hydrogen-bond donors (Lipinski definition) is 1. The molecular weight excluding hydrogens is 386 g/mol. The predicted octanol–water partition coefficient (Wildman–Crippen LogP) is 5.89. The average molecular weight is 406 g/mol. The van der Waals surface area contributed by atoms with Crippen molar-refractivity contribution >= 4 is 10.8 Å². The van der Waals surface area contributed by atoms with Crippen LogP contribution in [0.15, 0.2) is 30.3 Å². The summed E-state index contributed by atoms with van der Waals surface area (Å²) >= 11 is 0. The molecular formula is C20H20F6O2. The molecule has 2 aromatic carbocycles. The van der Waals surface area contributed by atoms with Gasteiger partial charge in [0.15, 0.2) is 0 Å². The van der Waals surface area contributed by atoms with E-state index in [0.717, 1.165) is 0 Å². The monoisotopic (exact) mass is 406 g/mol. The number of rotatable bonds is 4. The maximum Gasteiger partial charge on any atom is 0.420 e. The number of aliphatic hydroxyl groups is 1. The highest BCUT2D eigenvalue weighted by atomic mass is 19.4. The first-order valence-corrected chi connectivity index (χ1v) is 9.06. The van der Waals surface area contributed by atoms with E-state index in [1.807, 2.05) is 0 Å². The van der Waals surface area contributed by atoms with Gasteiger partial charge in [0.05, 0.1) is 12.0 Å². The first kappa shape index (κ1) is 20.8. The topological polar surface area (TPSA) is 29.5 Å². The van der Waals surface area contributed by atoms with E-state index < -0.39 is 29.9 Å². The van der Waals surface area contributed by atoms with E-state index in [2.05, 4.69) is 0 Å². The Labute approximate surface area is 158 Å². The van der Waals surface area contributed by atoms with Crippen LogP contribution >= 0.6 is 0 Å². The van der Waals surface area contributed by atoms with E-state index >= 15 is 0 Å². The molecule has 28 heavy (non-hydrogen) atoms. The lowest BCUT2D eigenvalue weighted by atomic mass is 9.87. The molecule has 0 spiro atoms. The molecule has 2 aromatic rings. The highest BCUT2D eigenvalue weighted by molar-refractivity contribution is 5.89. The molecule has 0 bridgehead atoms. The summed E-state index contributed by atoms with van der Waals surface area (Å²) in [6, 6.07) is 7.31. The van der Waals surface area contributed by atoms with E-state index in [1.165, 1.54) is 18.2 Å². The summed E-state index contributed by atoms with van der Waals surface area (Å²) in [5.74, 6) is -1.79. The van der Waals surface area contributed by atoms with Crippen LogP contribution in [0, 0.1) is 5.92 Å². The van der Waals surface area contributed by atoms with Gasteiger partial charge < -0.3 is 9.84 Å². The van der Waals surface area contributed by atoms with Crippen molar-refractivity contribution in [2.75, 3.05) is 6.61 Å². The minimum Gasteiger partial charge on any atom is -0.490 e. The van der Waals surface area contributed by atoms with Crippen molar-refractivity contribution < 1.29 is 36.2 Å². The lowest BCUT2D eigenvalue weighted by Crippen LogP contribution is -2.32. The Morgan fingerprint density at radius 2 is 1.57 bits per heavy atom. The summed E-state index contributed by atoms with van der Waals surface area (Å²) in [5.41, 5.74) is -0.369. The molecule has 0 unspecified atom stereocenters. The van der Waals surface area contributed by atoms with Crippen molar-refractivity contribution in [3.63, 3.8) is 0 Å². The van der Waals surface area contributed by atoms with Gasteiger partial charge in [0.2, 0.25) is 0 Å². The maximum absolute atomic E-state index is 13.8. The van der Waals surface area contributed by atoms with Crippen molar-refractivity contribution in [3.8, 4) is 5.75 Å². The Morgan fingerprint density at radius 1 is 0.929 bits per heavy atom. The normalized spacial score (nSPS) is 21.1. The second-order valence-electron chi connectivity index (χ2n) is 7.10. The van der Waals surface area contributed by atoms with E-state index in [-0.39, 0.29) is 49.8 Å². The predicted molar refractivity (Wildman–Crippen MR) is 92.2 cm³/mol. The quantitative estimate of drug-likeness (QED) is 0.642. The summed E-state index contributed by atoms with van der Waals surface area (Å²) in [6.45, 7) is -0.189. The molecule has 1 N–H and O–H groups in total. The number of benzene rings is 2. The molecule has 0 saturated heterocycles. The molecule has 1 fully saturated rings. The fraction of sp³-hybridized carbons (Fsp3) is 0.500. The van der Waals surface area contributed by atoms with Crippen LogP contribution in [0.2, 0.25) is 0 Å². The van der Waals surface area contributed by atoms with Crippen molar-refractivity contribution in [2.45, 2.75) is 50.6 Å². The Balaban J connectivity index is 1.90. The fourth-order valence-corrected chi connectivity index (χ4v) is 3.71. The van der Waals surface area contributed by atoms with E-state index in [1.54, 1.807) is 12.1 Å². The third-order valence-electron chi connectivity index (χ3n) is 5.16. The molecule has 8 heteroatoms. The van der Waals surface area contributed by atoms with Crippen molar-refractivity contribution in [1.82, 2.24) is 0 Å². The van der Waals surface area contributed by atoms with E-state index in [9.17, 15) is 26.3 Å². The SMILES string of the molecule is OCCc1ccc2ccc(OC3CCC(C(F)(F)F)CC3)c(C(F)(F)F)c2c1. The van der Waals surface area contributed by atoms with Gasteiger partial charge in [0.1, 0.15) is 11.3 Å². The van der Waals surface area contributed by atoms with Crippen LogP contribution in [0.4, 0.5) is 26.3 Å². The highest BCUT2D eigenvalue weighted by Crippen LogP contribution is 2.44. The molecule has 1 saturated carbocycles. The molecule has 1 aliphatic carbocycles. The highest BCUT2D eigenvalue weighted by Gasteiger charge is 2.42. The van der Waals surface area contributed by atoms with Gasteiger partial charge in [-0.2, -0.15) is 26.3 Å². The van der Waals surface area contributed by atoms with Crippen molar-refractivity contribution in [3.05, 3.63) is 41.5 Å². The number of fused-ring (bicyclic) bond motifs is 1. The molecule has 2 nitrogen and oxygen atoms in total. The van der Waals surface area contributed by atoms with Gasteiger partial charge in [-0.25, -0.2) is 0 Å². The second kappa shape index (κ2) is 7.81. The molecule has 0 amide bonds. The number of ether oxygens (including phenoxy) is 1. The van der Waals surface area contributed by atoms with Crippen LogP contribution in [0.5, 0.6) is 5.75 Å². The van der Waals surface area contributed by atoms with E-state index in [4.69, 9.17) is 9.84 Å². The molecule has 0 atom stereocenters. The molecule has 1 aliphatic rings. The van der Waals surface area contributed by atoms with Crippen molar-refractivity contribution in [2.24, 2.45) is 5.92 Å². The molecule has 0 heterocycles. The number of aliphatic hydroxyl groups excluding tert-OH is 1. The van der Waals surface area contributed by atoms with Gasteiger partial charge in [0.25, 0.3) is 0 Å². The molecule has 0 radical (unpaired) electrons. The first-order chi connectivity index (χ1) is 13.1. The van der Waals surface area contributed by atoms with Gasteiger partial charge in [-0.05, 0) is 54.5 Å². The molecule has 154 valence electrons. The molecule has 0 aliphatic heterocycles. The smallest absolute Gasteiger partial charge is 0.420 e. The van der Waals surface area contributed by atoms with Gasteiger partial charge in [0, 0.05) is 6.61 Å². The first-order valence-electron chi connectivity index (χ1n) is 9.06. The minimum atomic E-state index is -4.68. The average Bonchev–Trinajstić information content (AvgIpc) is 2.60. The standard InChI is InChI=1S/C20H20F6O2/c21-19(22,23)14-4-6-15(7-5-14)28-17-8-3-13-2-1-12(9-10-27)11-16(13)18(17)20(24,25)26/h1-3,8,11,14-15,27H,4-7,9-10H2. The van der Waals surface area contributed by atoms with Gasteiger partial charge >= 0.3 is 12.4 Å². The largest absolute Gasteiger partial charge is 0.490 e. The Kier molecular flexibility index (Phi) is 5.79. The zero-order valence-electron chi connectivity index (χ0n) is 14.9. The number of alkyl halides is 6. The summed E-state index contributed by atoms with van der Waals surface area (Å²) < 4.78 is 85.3. The third kappa shape index (κ3) is 4.54. The van der Waals surface area contributed by atoms with Crippen LogP contribution < -0.4 is 4.74 Å². The van der Waals surface area contributed by atoms with Gasteiger partial charge in [-0.3, -0.25) is 0 Å². The van der Waals surface area contributed by atoms with Gasteiger partial charge in [-0.15, -0.1) is 0 Å². The van der Waals surface area contributed by atoms with E-state index in [0.29, 0.717) is 10.9 Å². The zero-order chi connectivity index (χ0) is 20.5. The number of hydrogen-bond acceptors (Lipinski definition) is 2. The van der Waals surface area contributed by atoms with Crippen LogP contribution in [0.25, 0.3) is 10.8 Å². The molecule has 3 rings (SSSR count). The summed E-state index contributed by atoms with van der Waals surface area (Å²) in [6.07, 6.45) is -9.61. The minimum absolute atomic E-state index is 0.0417. The van der Waals surface area contributed by atoms with Crippen molar-refractivity contribution in [1.29, 1.82) is 0 Å². The van der Waals surface area contributed by atoms with Crippen LogP contribution in [0.1, 0.15) is 36.8 Å². The lowest BCUT2D eigenvalue weighted by molar-refractivity contribution is -0.185. The Hall–Kier alpha value is -1.96. The summed E-state index contributed by atoms with van der Waals surface area (Å²) in [5, 5.41) is 9.38. The third-order valence-corrected chi connectivity index (χ3v) is 5.16. The number of halogens is 6. The maximum atomic E-state index is 13.8. The lowest BCUT2D eigenvalue weighted by Gasteiger charge is -2.31. The van der Waals surface area contributed by atoms with Crippen LogP contribution in [-0.4, -0.2) is 24.0 Å². The summed E-state index contributed by atoms with van der Waals surface area (Å²) in [4.78, 5) is 0.